The Kier molecular flexibility index (Phi) is 13.4. The van der Waals surface area contributed by atoms with Gasteiger partial charge in [-0.3, -0.25) is 9.59 Å². The molecule has 2 aromatic heterocycles. The second-order valence-corrected chi connectivity index (χ2v) is 7.34. The number of aromatic nitrogens is 3. The molecule has 0 radical (unpaired) electrons. The number of rotatable bonds is 6. The fraction of sp³-hybridized carbons (Fsp3) is 0.481. The predicted molar refractivity (Wildman–Crippen MR) is 139 cm³/mol. The standard InChI is InChI=1S/C13H14N2.C10H14N2O3.2C2H6/c1-9-11-6-3-7-12(10-4-2-5-10)13(11)15-8-14-9;1-2-15-6-5-12-7-8(10(11)14)3-4-9(12)13;2*1-2/h3,6-8,10H,2,4-5H2,1H3;3-4,7H,2,5-6H2,1H3,(H2,11,14);2*1-2H3. The first-order chi connectivity index (χ1) is 16.5. The highest BCUT2D eigenvalue weighted by Gasteiger charge is 2.22. The molecule has 1 fully saturated rings. The SMILES string of the molecule is CC.CC.CCOCCn1cc(C(N)=O)ccc1=O.Cc1ncnc2c(C3CCC3)cccc12. The van der Waals surface area contributed by atoms with E-state index in [9.17, 15) is 9.59 Å². The summed E-state index contributed by atoms with van der Waals surface area (Å²) in [4.78, 5) is 30.9. The molecule has 1 aliphatic rings. The Bertz CT molecular complexity index is 1070. The van der Waals surface area contributed by atoms with E-state index in [1.165, 1.54) is 53.1 Å². The van der Waals surface area contributed by atoms with Crippen LogP contribution in [0.5, 0.6) is 0 Å². The number of nitrogens with two attached hydrogens (primary N) is 1. The summed E-state index contributed by atoms with van der Waals surface area (Å²) in [5, 5.41) is 1.21. The Labute approximate surface area is 203 Å². The summed E-state index contributed by atoms with van der Waals surface area (Å²) in [5.74, 6) is 0.197. The van der Waals surface area contributed by atoms with Gasteiger partial charge in [0.2, 0.25) is 5.91 Å². The summed E-state index contributed by atoms with van der Waals surface area (Å²) in [6, 6.07) is 9.21. The lowest BCUT2D eigenvalue weighted by Gasteiger charge is -2.26. The molecule has 3 aromatic rings. The van der Waals surface area contributed by atoms with Crippen molar-refractivity contribution in [1.82, 2.24) is 14.5 Å². The summed E-state index contributed by atoms with van der Waals surface area (Å²) in [6.07, 6.45) is 7.14. The number of amides is 1. The first-order valence-corrected chi connectivity index (χ1v) is 12.3. The van der Waals surface area contributed by atoms with Crippen LogP contribution < -0.4 is 11.3 Å². The van der Waals surface area contributed by atoms with E-state index in [0.717, 1.165) is 17.1 Å². The lowest BCUT2D eigenvalue weighted by atomic mass is 9.79. The molecule has 1 aromatic carbocycles. The molecule has 1 amide bonds. The molecular weight excluding hydrogens is 428 g/mol. The van der Waals surface area contributed by atoms with E-state index >= 15 is 0 Å². The molecular formula is C27H40N4O3. The van der Waals surface area contributed by atoms with Crippen LogP contribution in [0.15, 0.2) is 47.7 Å². The van der Waals surface area contributed by atoms with Gasteiger partial charge in [0.1, 0.15) is 6.33 Å². The molecule has 0 spiro atoms. The number of pyridine rings is 1. The lowest BCUT2D eigenvalue weighted by molar-refractivity contribution is 0.0998. The fourth-order valence-corrected chi connectivity index (χ4v) is 3.45. The largest absolute Gasteiger partial charge is 0.380 e. The molecule has 1 saturated carbocycles. The van der Waals surface area contributed by atoms with Gasteiger partial charge in [-0.25, -0.2) is 9.97 Å². The average molecular weight is 469 g/mol. The zero-order valence-electron chi connectivity index (χ0n) is 21.5. The second-order valence-electron chi connectivity index (χ2n) is 7.34. The maximum Gasteiger partial charge on any atom is 0.250 e. The van der Waals surface area contributed by atoms with E-state index in [2.05, 4.69) is 35.1 Å². The number of ether oxygens (including phenoxy) is 1. The lowest BCUT2D eigenvalue weighted by Crippen LogP contribution is -2.24. The van der Waals surface area contributed by atoms with E-state index in [0.29, 0.717) is 25.3 Å². The van der Waals surface area contributed by atoms with Crippen LogP contribution >= 0.6 is 0 Å². The number of hydrogen-bond acceptors (Lipinski definition) is 5. The van der Waals surface area contributed by atoms with Gasteiger partial charge < -0.3 is 15.0 Å². The van der Waals surface area contributed by atoms with Crippen LogP contribution in [0.3, 0.4) is 0 Å². The van der Waals surface area contributed by atoms with Crippen molar-refractivity contribution in [2.24, 2.45) is 5.73 Å². The van der Waals surface area contributed by atoms with Crippen molar-refractivity contribution in [3.63, 3.8) is 0 Å². The number of nitrogens with zero attached hydrogens (tertiary/aromatic N) is 3. The van der Waals surface area contributed by atoms with Crippen LogP contribution in [0.4, 0.5) is 0 Å². The summed E-state index contributed by atoms with van der Waals surface area (Å²) in [6.45, 7) is 13.4. The van der Waals surface area contributed by atoms with Crippen molar-refractivity contribution in [3.8, 4) is 0 Å². The van der Waals surface area contributed by atoms with Crippen LogP contribution in [0.2, 0.25) is 0 Å². The molecule has 7 nitrogen and oxygen atoms in total. The van der Waals surface area contributed by atoms with Gasteiger partial charge in [-0.05, 0) is 44.2 Å². The van der Waals surface area contributed by atoms with E-state index in [1.54, 1.807) is 6.33 Å². The number of benzene rings is 1. The molecule has 0 unspecified atom stereocenters. The number of fused-ring (bicyclic) bond motifs is 1. The Morgan fingerprint density at radius 1 is 1.12 bits per heavy atom. The van der Waals surface area contributed by atoms with Crippen LogP contribution in [0.1, 0.15) is 81.4 Å². The molecule has 0 aliphatic heterocycles. The smallest absolute Gasteiger partial charge is 0.250 e. The van der Waals surface area contributed by atoms with Gasteiger partial charge in [-0.1, -0.05) is 52.3 Å². The molecule has 0 bridgehead atoms. The maximum atomic E-state index is 11.3. The molecule has 2 N–H and O–H groups in total. The molecule has 186 valence electrons. The third-order valence-electron chi connectivity index (χ3n) is 5.39. The number of primary amides is 1. The summed E-state index contributed by atoms with van der Waals surface area (Å²) >= 11 is 0. The molecule has 34 heavy (non-hydrogen) atoms. The van der Waals surface area contributed by atoms with Gasteiger partial charge in [-0.15, -0.1) is 0 Å². The van der Waals surface area contributed by atoms with Crippen molar-refractivity contribution >= 4 is 16.8 Å². The van der Waals surface area contributed by atoms with Crippen LogP contribution in [0, 0.1) is 6.92 Å². The average Bonchev–Trinajstić information content (AvgIpc) is 2.83. The van der Waals surface area contributed by atoms with Gasteiger partial charge in [0, 0.05) is 36.5 Å². The second kappa shape index (κ2) is 15.7. The van der Waals surface area contributed by atoms with Gasteiger partial charge in [0.15, 0.2) is 0 Å². The molecule has 2 heterocycles. The summed E-state index contributed by atoms with van der Waals surface area (Å²) in [7, 11) is 0. The molecule has 0 saturated heterocycles. The van der Waals surface area contributed by atoms with Crippen LogP contribution in [0.25, 0.3) is 10.9 Å². The molecule has 1 aliphatic carbocycles. The Hall–Kier alpha value is -3.06. The number of aryl methyl sites for hydroxylation is 1. The Morgan fingerprint density at radius 3 is 2.41 bits per heavy atom. The Morgan fingerprint density at radius 2 is 1.82 bits per heavy atom. The van der Waals surface area contributed by atoms with E-state index in [4.69, 9.17) is 10.5 Å². The van der Waals surface area contributed by atoms with E-state index in [1.807, 2.05) is 34.6 Å². The highest BCUT2D eigenvalue weighted by atomic mass is 16.5. The van der Waals surface area contributed by atoms with Crippen LogP contribution in [-0.2, 0) is 11.3 Å². The number of carbonyl (C=O) groups is 1. The normalized spacial score (nSPS) is 12.2. The van der Waals surface area contributed by atoms with Gasteiger partial charge in [0.05, 0.1) is 17.7 Å². The van der Waals surface area contributed by atoms with Crippen molar-refractivity contribution in [1.29, 1.82) is 0 Å². The van der Waals surface area contributed by atoms with Crippen molar-refractivity contribution in [3.05, 3.63) is 70.0 Å². The third kappa shape index (κ3) is 8.06. The van der Waals surface area contributed by atoms with Gasteiger partial charge in [-0.2, -0.15) is 0 Å². The molecule has 7 heteroatoms. The van der Waals surface area contributed by atoms with Gasteiger partial charge >= 0.3 is 0 Å². The van der Waals surface area contributed by atoms with Crippen molar-refractivity contribution < 1.29 is 9.53 Å². The van der Waals surface area contributed by atoms with E-state index in [-0.39, 0.29) is 5.56 Å². The van der Waals surface area contributed by atoms with E-state index < -0.39 is 5.91 Å². The summed E-state index contributed by atoms with van der Waals surface area (Å²) < 4.78 is 6.53. The minimum Gasteiger partial charge on any atom is -0.380 e. The van der Waals surface area contributed by atoms with Crippen LogP contribution in [-0.4, -0.2) is 33.7 Å². The minimum atomic E-state index is -0.542. The zero-order valence-corrected chi connectivity index (χ0v) is 21.5. The Balaban J connectivity index is 0.000000297. The zero-order chi connectivity index (χ0) is 25.5. The van der Waals surface area contributed by atoms with Crippen molar-refractivity contribution in [2.75, 3.05) is 13.2 Å². The maximum absolute atomic E-state index is 11.3. The quantitative estimate of drug-likeness (QED) is 0.499. The highest BCUT2D eigenvalue weighted by Crippen LogP contribution is 2.39. The number of carbonyl (C=O) groups excluding carboxylic acids is 1. The first kappa shape index (κ1) is 29.0. The monoisotopic (exact) mass is 468 g/mol. The fourth-order valence-electron chi connectivity index (χ4n) is 3.45. The molecule has 4 rings (SSSR count). The van der Waals surface area contributed by atoms with Gasteiger partial charge in [0.25, 0.3) is 5.56 Å². The topological polar surface area (TPSA) is 100 Å². The third-order valence-corrected chi connectivity index (χ3v) is 5.39. The molecule has 0 atom stereocenters. The predicted octanol–water partition coefficient (Wildman–Crippen LogP) is 5.24. The van der Waals surface area contributed by atoms with Crippen molar-refractivity contribution in [2.45, 2.75) is 73.3 Å². The first-order valence-electron chi connectivity index (χ1n) is 12.3. The minimum absolute atomic E-state index is 0.167. The highest BCUT2D eigenvalue weighted by molar-refractivity contribution is 5.92. The summed E-state index contributed by atoms with van der Waals surface area (Å²) in [5.41, 5.74) is 8.93. The number of para-hydroxylation sites is 1. The number of hydrogen-bond donors (Lipinski definition) is 1.